The van der Waals surface area contributed by atoms with Crippen LogP contribution in [0.5, 0.6) is 0 Å². The van der Waals surface area contributed by atoms with Crippen molar-refractivity contribution >= 4 is 17.4 Å². The lowest BCUT2D eigenvalue weighted by molar-refractivity contribution is -0.385. The molecular formula is C13H15NO5. The lowest BCUT2D eigenvalue weighted by Gasteiger charge is -2.08. The van der Waals surface area contributed by atoms with Gasteiger partial charge in [-0.1, -0.05) is 6.92 Å². The number of ether oxygens (including phenoxy) is 1. The van der Waals surface area contributed by atoms with Crippen LogP contribution in [0.1, 0.15) is 34.8 Å². The molecule has 0 radical (unpaired) electrons. The molecule has 0 spiro atoms. The number of Topliss-reactive ketones (excluding diaryl/α,β-unsaturated/α-hetero) is 1. The Hall–Kier alpha value is -2.24. The molecule has 0 atom stereocenters. The average molecular weight is 265 g/mol. The lowest BCUT2D eigenvalue weighted by atomic mass is 9.98. The molecule has 0 N–H and O–H groups in total. The normalized spacial score (nSPS) is 10.1. The van der Waals surface area contributed by atoms with Crippen LogP contribution in [-0.2, 0) is 16.0 Å². The van der Waals surface area contributed by atoms with Gasteiger partial charge in [-0.15, -0.1) is 0 Å². The topological polar surface area (TPSA) is 86.5 Å². The quantitative estimate of drug-likeness (QED) is 0.462. The zero-order valence-electron chi connectivity index (χ0n) is 11.1. The average Bonchev–Trinajstić information content (AvgIpc) is 2.36. The van der Waals surface area contributed by atoms with Crippen LogP contribution in [0.4, 0.5) is 5.69 Å². The van der Waals surface area contributed by atoms with Crippen molar-refractivity contribution in [3.8, 4) is 0 Å². The number of nitro benzene ring substituents is 1. The molecule has 0 fully saturated rings. The van der Waals surface area contributed by atoms with Crippen LogP contribution in [0.25, 0.3) is 0 Å². The smallest absolute Gasteiger partial charge is 0.344 e. The van der Waals surface area contributed by atoms with Crippen LogP contribution in [0, 0.1) is 17.0 Å². The Balaban J connectivity index is 3.44. The molecule has 1 aromatic carbocycles. The van der Waals surface area contributed by atoms with Crippen LogP contribution in [0.2, 0.25) is 0 Å². The van der Waals surface area contributed by atoms with Crippen LogP contribution in [0.3, 0.4) is 0 Å². The molecule has 102 valence electrons. The summed E-state index contributed by atoms with van der Waals surface area (Å²) in [6.45, 7) is 3.39. The Kier molecular flexibility index (Phi) is 4.74. The van der Waals surface area contributed by atoms with E-state index < -0.39 is 10.9 Å². The van der Waals surface area contributed by atoms with Crippen molar-refractivity contribution in [2.75, 3.05) is 7.11 Å². The van der Waals surface area contributed by atoms with Gasteiger partial charge in [0.05, 0.1) is 12.0 Å². The van der Waals surface area contributed by atoms with Crippen LogP contribution >= 0.6 is 0 Å². The first-order chi connectivity index (χ1) is 8.90. The Morgan fingerprint density at radius 2 is 2.00 bits per heavy atom. The van der Waals surface area contributed by atoms with Crippen molar-refractivity contribution in [3.05, 3.63) is 38.9 Å². The molecule has 0 aliphatic carbocycles. The summed E-state index contributed by atoms with van der Waals surface area (Å²) in [6, 6.07) is 2.95. The number of carbonyl (C=O) groups excluding carboxylic acids is 2. The van der Waals surface area contributed by atoms with E-state index in [1.807, 2.05) is 0 Å². The molecule has 0 aromatic heterocycles. The second-order valence-electron chi connectivity index (χ2n) is 4.14. The largest absolute Gasteiger partial charge is 0.465 e. The van der Waals surface area contributed by atoms with Crippen LogP contribution < -0.4 is 0 Å². The van der Waals surface area contributed by atoms with Crippen molar-refractivity contribution in [1.29, 1.82) is 0 Å². The fraction of sp³-hybridized carbons (Fsp3) is 0.385. The second-order valence-corrected chi connectivity index (χ2v) is 4.14. The standard InChI is InChI=1S/C13H15NO5/c1-4-10(15)7-9-5-8(2)6-11(13(16)19-3)12(9)14(17)18/h5-6H,4,7H2,1-3H3. The zero-order valence-corrected chi connectivity index (χ0v) is 11.1. The van der Waals surface area contributed by atoms with E-state index in [4.69, 9.17) is 0 Å². The van der Waals surface area contributed by atoms with Crippen molar-refractivity contribution < 1.29 is 19.2 Å². The fourth-order valence-corrected chi connectivity index (χ4v) is 1.81. The van der Waals surface area contributed by atoms with E-state index in [0.29, 0.717) is 12.0 Å². The first kappa shape index (κ1) is 14.8. The van der Waals surface area contributed by atoms with E-state index in [-0.39, 0.29) is 29.0 Å². The third-order valence-corrected chi connectivity index (χ3v) is 2.70. The molecule has 1 rings (SSSR count). The maximum atomic E-state index is 11.6. The third-order valence-electron chi connectivity index (χ3n) is 2.70. The van der Waals surface area contributed by atoms with E-state index in [0.717, 1.165) is 7.11 Å². The van der Waals surface area contributed by atoms with E-state index in [9.17, 15) is 19.7 Å². The minimum absolute atomic E-state index is 0.0571. The third kappa shape index (κ3) is 3.37. The summed E-state index contributed by atoms with van der Waals surface area (Å²) in [5.74, 6) is -0.898. The van der Waals surface area contributed by atoms with E-state index in [2.05, 4.69) is 4.74 Å². The number of nitrogens with zero attached hydrogens (tertiary/aromatic N) is 1. The maximum Gasteiger partial charge on any atom is 0.344 e. The van der Waals surface area contributed by atoms with Gasteiger partial charge in [0.2, 0.25) is 0 Å². The SMILES string of the molecule is CCC(=O)Cc1cc(C)cc(C(=O)OC)c1[N+](=O)[O-]. The highest BCUT2D eigenvalue weighted by molar-refractivity contribution is 5.95. The van der Waals surface area contributed by atoms with Crippen molar-refractivity contribution in [1.82, 2.24) is 0 Å². The van der Waals surface area contributed by atoms with Gasteiger partial charge < -0.3 is 4.74 Å². The van der Waals surface area contributed by atoms with Crippen LogP contribution in [-0.4, -0.2) is 23.8 Å². The Morgan fingerprint density at radius 1 is 1.37 bits per heavy atom. The van der Waals surface area contributed by atoms with Gasteiger partial charge in [-0.2, -0.15) is 0 Å². The predicted octanol–water partition coefficient (Wildman–Crippen LogP) is 2.21. The molecule has 0 saturated carbocycles. The number of carbonyl (C=O) groups is 2. The number of benzene rings is 1. The molecule has 0 aliphatic rings. The van der Waals surface area contributed by atoms with Crippen LogP contribution in [0.15, 0.2) is 12.1 Å². The monoisotopic (exact) mass is 265 g/mol. The summed E-state index contributed by atoms with van der Waals surface area (Å²) in [6.07, 6.45) is 0.233. The molecule has 0 saturated heterocycles. The van der Waals surface area contributed by atoms with Gasteiger partial charge in [0.15, 0.2) is 0 Å². The number of nitro groups is 1. The number of rotatable bonds is 5. The van der Waals surface area contributed by atoms with Crippen molar-refractivity contribution in [2.24, 2.45) is 0 Å². The lowest BCUT2D eigenvalue weighted by Crippen LogP contribution is -2.11. The summed E-state index contributed by atoms with van der Waals surface area (Å²) in [5, 5.41) is 11.1. The van der Waals surface area contributed by atoms with E-state index in [1.165, 1.54) is 6.07 Å². The Bertz CT molecular complexity index is 536. The zero-order chi connectivity index (χ0) is 14.6. The number of esters is 1. The minimum atomic E-state index is -0.777. The highest BCUT2D eigenvalue weighted by Crippen LogP contribution is 2.27. The molecule has 0 aliphatic heterocycles. The molecule has 6 nitrogen and oxygen atoms in total. The van der Waals surface area contributed by atoms with Gasteiger partial charge in [0.1, 0.15) is 11.3 Å². The summed E-state index contributed by atoms with van der Waals surface area (Å²) >= 11 is 0. The maximum absolute atomic E-state index is 11.6. The molecule has 0 amide bonds. The molecular weight excluding hydrogens is 250 g/mol. The highest BCUT2D eigenvalue weighted by atomic mass is 16.6. The summed E-state index contributed by atoms with van der Waals surface area (Å²) in [5.41, 5.74) is 0.452. The number of ketones is 1. The molecule has 19 heavy (non-hydrogen) atoms. The first-order valence-corrected chi connectivity index (χ1v) is 5.78. The first-order valence-electron chi connectivity index (χ1n) is 5.78. The number of aryl methyl sites for hydroxylation is 1. The van der Waals surface area contributed by atoms with Gasteiger partial charge in [-0.05, 0) is 24.6 Å². The summed E-state index contributed by atoms with van der Waals surface area (Å²) < 4.78 is 4.54. The minimum Gasteiger partial charge on any atom is -0.465 e. The summed E-state index contributed by atoms with van der Waals surface area (Å²) in [4.78, 5) is 33.5. The molecule has 0 unspecified atom stereocenters. The van der Waals surface area contributed by atoms with E-state index in [1.54, 1.807) is 19.9 Å². The van der Waals surface area contributed by atoms with Gasteiger partial charge in [-0.25, -0.2) is 4.79 Å². The summed E-state index contributed by atoms with van der Waals surface area (Å²) in [7, 11) is 1.16. The predicted molar refractivity (Wildman–Crippen MR) is 68.2 cm³/mol. The molecule has 6 heteroatoms. The van der Waals surface area contributed by atoms with E-state index >= 15 is 0 Å². The number of hydrogen-bond acceptors (Lipinski definition) is 5. The Morgan fingerprint density at radius 3 is 2.47 bits per heavy atom. The molecule has 0 heterocycles. The Labute approximate surface area is 110 Å². The van der Waals surface area contributed by atoms with Gasteiger partial charge >= 0.3 is 5.97 Å². The van der Waals surface area contributed by atoms with Gasteiger partial charge in [0, 0.05) is 18.4 Å². The second kappa shape index (κ2) is 6.08. The highest BCUT2D eigenvalue weighted by Gasteiger charge is 2.26. The molecule has 1 aromatic rings. The van der Waals surface area contributed by atoms with Gasteiger partial charge in [0.25, 0.3) is 5.69 Å². The van der Waals surface area contributed by atoms with Gasteiger partial charge in [-0.3, -0.25) is 14.9 Å². The van der Waals surface area contributed by atoms with Crippen molar-refractivity contribution in [2.45, 2.75) is 26.7 Å². The number of hydrogen-bond donors (Lipinski definition) is 0. The van der Waals surface area contributed by atoms with Crippen molar-refractivity contribution in [3.63, 3.8) is 0 Å². The molecule has 0 bridgehead atoms. The fourth-order valence-electron chi connectivity index (χ4n) is 1.81. The number of methoxy groups -OCH3 is 1.